The minimum absolute atomic E-state index is 0.320. The molecule has 1 aromatic heterocycles. The first-order chi connectivity index (χ1) is 15.0. The van der Waals surface area contributed by atoms with Crippen molar-refractivity contribution in [1.82, 2.24) is 9.47 Å². The van der Waals surface area contributed by atoms with Gasteiger partial charge in [0, 0.05) is 30.2 Å². The zero-order valence-electron chi connectivity index (χ0n) is 19.5. The Bertz CT molecular complexity index is 1040. The van der Waals surface area contributed by atoms with Gasteiger partial charge in [0.2, 0.25) is 0 Å². The Morgan fingerprint density at radius 3 is 2.53 bits per heavy atom. The minimum Gasteiger partial charge on any atom is -0.497 e. The fourth-order valence-electron chi connectivity index (χ4n) is 4.43. The van der Waals surface area contributed by atoms with E-state index < -0.39 is 35.7 Å². The van der Waals surface area contributed by atoms with Crippen LogP contribution in [0.3, 0.4) is 0 Å². The van der Waals surface area contributed by atoms with Crippen LogP contribution in [0.2, 0.25) is 0 Å². The highest BCUT2D eigenvalue weighted by atomic mass is 16.6. The lowest BCUT2D eigenvalue weighted by molar-refractivity contribution is -0.152. The predicted octanol–water partition coefficient (Wildman–Crippen LogP) is 3.36. The number of benzene rings is 1. The summed E-state index contributed by atoms with van der Waals surface area (Å²) in [5.74, 6) is -0.992. The number of aliphatic hydroxyl groups is 1. The fourth-order valence-corrected chi connectivity index (χ4v) is 4.43. The molecule has 0 aliphatic carbocycles. The summed E-state index contributed by atoms with van der Waals surface area (Å²) in [6, 6.07) is 4.95. The molecular formula is C24H32N2O6. The Morgan fingerprint density at radius 1 is 1.28 bits per heavy atom. The molecule has 1 aliphatic rings. The molecule has 1 aromatic carbocycles. The molecule has 0 fully saturated rings. The van der Waals surface area contributed by atoms with Crippen LogP contribution in [0.15, 0.2) is 30.9 Å². The summed E-state index contributed by atoms with van der Waals surface area (Å²) in [7, 11) is 4.75. The van der Waals surface area contributed by atoms with Gasteiger partial charge < -0.3 is 23.9 Å². The van der Waals surface area contributed by atoms with Crippen molar-refractivity contribution in [2.45, 2.75) is 44.9 Å². The van der Waals surface area contributed by atoms with E-state index in [1.54, 1.807) is 27.9 Å². The first-order valence-electron chi connectivity index (χ1n) is 10.6. The van der Waals surface area contributed by atoms with E-state index in [0.717, 1.165) is 22.2 Å². The first-order valence-corrected chi connectivity index (χ1v) is 10.6. The summed E-state index contributed by atoms with van der Waals surface area (Å²) in [5.41, 5.74) is 1.97. The van der Waals surface area contributed by atoms with Gasteiger partial charge in [-0.05, 0) is 51.0 Å². The number of carbonyl (C=O) groups is 2. The van der Waals surface area contributed by atoms with Crippen molar-refractivity contribution >= 4 is 23.0 Å². The topological polar surface area (TPSA) is 90.2 Å². The van der Waals surface area contributed by atoms with E-state index in [2.05, 4.69) is 6.58 Å². The number of aryl methyl sites for hydroxylation is 1. The van der Waals surface area contributed by atoms with E-state index in [1.807, 2.05) is 29.8 Å². The quantitative estimate of drug-likeness (QED) is 0.562. The Morgan fingerprint density at radius 2 is 1.97 bits per heavy atom. The van der Waals surface area contributed by atoms with Crippen LogP contribution < -0.4 is 4.74 Å². The number of esters is 1. The normalized spacial score (nSPS) is 18.0. The number of methoxy groups -OCH3 is 2. The lowest BCUT2D eigenvalue weighted by Crippen LogP contribution is -2.50. The molecular weight excluding hydrogens is 412 g/mol. The molecule has 3 unspecified atom stereocenters. The van der Waals surface area contributed by atoms with Crippen molar-refractivity contribution < 1.29 is 28.9 Å². The van der Waals surface area contributed by atoms with Gasteiger partial charge in [-0.1, -0.05) is 6.08 Å². The van der Waals surface area contributed by atoms with Crippen molar-refractivity contribution in [3.05, 3.63) is 42.1 Å². The third kappa shape index (κ3) is 4.19. The van der Waals surface area contributed by atoms with E-state index in [9.17, 15) is 14.7 Å². The number of amides is 1. The zero-order valence-corrected chi connectivity index (χ0v) is 19.5. The van der Waals surface area contributed by atoms with Gasteiger partial charge in [0.05, 0.1) is 26.4 Å². The smallest absolute Gasteiger partial charge is 0.410 e. The Hall–Kier alpha value is -3.00. The van der Waals surface area contributed by atoms with Crippen LogP contribution in [0.4, 0.5) is 4.79 Å². The van der Waals surface area contributed by atoms with Crippen molar-refractivity contribution in [2.24, 2.45) is 13.0 Å². The summed E-state index contributed by atoms with van der Waals surface area (Å²) < 4.78 is 18.0. The van der Waals surface area contributed by atoms with Crippen LogP contribution in [-0.2, 0) is 27.7 Å². The fraction of sp³-hybridized carbons (Fsp3) is 0.500. The third-order valence-electron chi connectivity index (χ3n) is 5.83. The molecule has 0 spiro atoms. The molecule has 2 heterocycles. The summed E-state index contributed by atoms with van der Waals surface area (Å²) in [4.78, 5) is 27.6. The highest BCUT2D eigenvalue weighted by molar-refractivity contribution is 5.88. The van der Waals surface area contributed by atoms with Crippen molar-refractivity contribution in [3.63, 3.8) is 0 Å². The molecule has 32 heavy (non-hydrogen) atoms. The van der Waals surface area contributed by atoms with Gasteiger partial charge in [0.25, 0.3) is 0 Å². The first kappa shape index (κ1) is 23.7. The standard InChI is InChI=1S/C24H32N2O6/c1-8-18(27)19(22(28)31-7)21-20-15(11-12-26(21)23(29)32-24(2,3)4)16-13-14(30-6)9-10-17(16)25(20)5/h8-10,13,18-19,21,27H,1,11-12H2,2-7H3. The van der Waals surface area contributed by atoms with E-state index in [1.165, 1.54) is 18.1 Å². The lowest BCUT2D eigenvalue weighted by atomic mass is 9.85. The summed E-state index contributed by atoms with van der Waals surface area (Å²) in [6.45, 7) is 9.33. The molecule has 3 atom stereocenters. The number of aromatic nitrogens is 1. The maximum Gasteiger partial charge on any atom is 0.410 e. The highest BCUT2D eigenvalue weighted by Gasteiger charge is 2.46. The second kappa shape index (κ2) is 8.86. The number of aliphatic hydroxyl groups excluding tert-OH is 1. The molecule has 0 saturated heterocycles. The second-order valence-corrected chi connectivity index (χ2v) is 8.95. The largest absolute Gasteiger partial charge is 0.497 e. The van der Waals surface area contributed by atoms with Crippen LogP contribution in [0.5, 0.6) is 5.75 Å². The van der Waals surface area contributed by atoms with E-state index in [-0.39, 0.29) is 0 Å². The van der Waals surface area contributed by atoms with E-state index in [0.29, 0.717) is 18.7 Å². The number of carbonyl (C=O) groups excluding carboxylic acids is 2. The highest BCUT2D eigenvalue weighted by Crippen LogP contribution is 2.43. The van der Waals surface area contributed by atoms with Crippen LogP contribution >= 0.6 is 0 Å². The van der Waals surface area contributed by atoms with Crippen molar-refractivity contribution in [3.8, 4) is 5.75 Å². The molecule has 0 radical (unpaired) electrons. The monoisotopic (exact) mass is 444 g/mol. The molecule has 2 aromatic rings. The number of fused-ring (bicyclic) bond motifs is 3. The van der Waals surface area contributed by atoms with E-state index >= 15 is 0 Å². The number of nitrogens with zero attached hydrogens (tertiary/aromatic N) is 2. The number of hydrogen-bond acceptors (Lipinski definition) is 6. The second-order valence-electron chi connectivity index (χ2n) is 8.95. The average Bonchev–Trinajstić information content (AvgIpc) is 3.03. The molecule has 8 nitrogen and oxygen atoms in total. The SMILES string of the molecule is C=CC(O)C(C(=O)OC)C1c2c(c3cc(OC)ccc3n2C)CCN1C(=O)OC(C)(C)C. The maximum absolute atomic E-state index is 13.2. The number of ether oxygens (including phenoxy) is 3. The number of rotatable bonds is 5. The lowest BCUT2D eigenvalue weighted by Gasteiger charge is -2.41. The van der Waals surface area contributed by atoms with Crippen molar-refractivity contribution in [1.29, 1.82) is 0 Å². The van der Waals surface area contributed by atoms with Crippen LogP contribution in [-0.4, -0.2) is 59.1 Å². The van der Waals surface area contributed by atoms with Crippen LogP contribution in [0.25, 0.3) is 10.9 Å². The summed E-state index contributed by atoms with van der Waals surface area (Å²) in [5, 5.41) is 11.7. The third-order valence-corrected chi connectivity index (χ3v) is 5.83. The molecule has 8 heteroatoms. The summed E-state index contributed by atoms with van der Waals surface area (Å²) >= 11 is 0. The Balaban J connectivity index is 2.25. The minimum atomic E-state index is -1.23. The van der Waals surface area contributed by atoms with Gasteiger partial charge in [-0.2, -0.15) is 0 Å². The molecule has 0 saturated carbocycles. The average molecular weight is 445 g/mol. The van der Waals surface area contributed by atoms with Gasteiger partial charge in [-0.25, -0.2) is 4.79 Å². The van der Waals surface area contributed by atoms with Gasteiger partial charge in [0.1, 0.15) is 17.3 Å². The molecule has 174 valence electrons. The molecule has 3 rings (SSSR count). The summed E-state index contributed by atoms with van der Waals surface area (Å²) in [6.07, 6.45) is 0.0692. The number of hydrogen-bond donors (Lipinski definition) is 1. The maximum atomic E-state index is 13.2. The van der Waals surface area contributed by atoms with E-state index in [4.69, 9.17) is 14.2 Å². The molecule has 1 amide bonds. The Labute approximate surface area is 188 Å². The van der Waals surface area contributed by atoms with Gasteiger partial charge in [0.15, 0.2) is 0 Å². The zero-order chi connectivity index (χ0) is 23.8. The molecule has 1 N–H and O–H groups in total. The van der Waals surface area contributed by atoms with Gasteiger partial charge >= 0.3 is 12.1 Å². The molecule has 1 aliphatic heterocycles. The van der Waals surface area contributed by atoms with Crippen LogP contribution in [0, 0.1) is 5.92 Å². The predicted molar refractivity (Wildman–Crippen MR) is 121 cm³/mol. The van der Waals surface area contributed by atoms with Gasteiger partial charge in [-0.15, -0.1) is 6.58 Å². The van der Waals surface area contributed by atoms with Crippen LogP contribution in [0.1, 0.15) is 38.1 Å². The molecule has 0 bridgehead atoms. The Kier molecular flexibility index (Phi) is 6.55. The van der Waals surface area contributed by atoms with Crippen molar-refractivity contribution in [2.75, 3.05) is 20.8 Å². The van der Waals surface area contributed by atoms with Gasteiger partial charge in [-0.3, -0.25) is 9.69 Å².